The summed E-state index contributed by atoms with van der Waals surface area (Å²) in [7, 11) is -1.49. The number of imidazole rings is 1. The van der Waals surface area contributed by atoms with Crippen LogP contribution in [-0.2, 0) is 18.2 Å². The van der Waals surface area contributed by atoms with Crippen molar-refractivity contribution in [3.8, 4) is 11.3 Å². The lowest BCUT2D eigenvalue weighted by molar-refractivity contribution is 0.0500. The second-order valence-corrected chi connectivity index (χ2v) is 17.3. The summed E-state index contributed by atoms with van der Waals surface area (Å²) >= 11 is 0. The Hall–Kier alpha value is -4.21. The Kier molecular flexibility index (Phi) is 10.3. The largest absolute Gasteiger partial charge is 0.475 e. The highest BCUT2D eigenvalue weighted by atomic mass is 28.4. The fraction of sp³-hybridized carbons (Fsp3) is 0.361. The summed E-state index contributed by atoms with van der Waals surface area (Å²) in [6.45, 7) is 9.84. The van der Waals surface area contributed by atoms with Gasteiger partial charge in [0.25, 0.3) is 8.32 Å². The van der Waals surface area contributed by atoms with E-state index < -0.39 is 31.0 Å². The first-order chi connectivity index (χ1) is 21.2. The summed E-state index contributed by atoms with van der Waals surface area (Å²) < 4.78 is 7.08. The number of carboxylic acid groups (broad SMARTS) is 1. The molecule has 0 saturated carbocycles. The van der Waals surface area contributed by atoms with Gasteiger partial charge in [-0.15, -0.1) is 0 Å². The summed E-state index contributed by atoms with van der Waals surface area (Å²) in [6, 6.07) is 27.6. The highest BCUT2D eigenvalue weighted by Gasteiger charge is 2.49. The first kappa shape index (κ1) is 33.7. The molecule has 4 rings (SSSR count). The fourth-order valence-electron chi connectivity index (χ4n) is 5.88. The van der Waals surface area contributed by atoms with Gasteiger partial charge in [0, 0.05) is 24.8 Å². The van der Waals surface area contributed by atoms with Gasteiger partial charge in [-0.25, -0.2) is 14.6 Å². The second kappa shape index (κ2) is 13.8. The van der Waals surface area contributed by atoms with Gasteiger partial charge in [0.15, 0.2) is 0 Å². The van der Waals surface area contributed by atoms with Crippen LogP contribution in [0.15, 0.2) is 91.1 Å². The van der Waals surface area contributed by atoms with Crippen molar-refractivity contribution < 1.29 is 24.2 Å². The van der Waals surface area contributed by atoms with E-state index in [1.165, 1.54) is 4.57 Å². The van der Waals surface area contributed by atoms with Crippen LogP contribution < -0.4 is 15.7 Å². The van der Waals surface area contributed by atoms with Gasteiger partial charge in [0.1, 0.15) is 5.60 Å². The number of nitrogens with zero attached hydrogens (tertiary/aromatic N) is 2. The number of carboxylic acids is 1. The molecule has 238 valence electrons. The molecule has 1 heterocycles. The minimum Gasteiger partial charge on any atom is -0.475 e. The predicted octanol–water partition coefficient (Wildman–Crippen LogP) is 5.92. The first-order valence-corrected chi connectivity index (χ1v) is 17.3. The topological polar surface area (TPSA) is 114 Å². The van der Waals surface area contributed by atoms with Crippen LogP contribution in [0, 0.1) is 0 Å². The van der Waals surface area contributed by atoms with Crippen LogP contribution in [0.4, 0.5) is 4.79 Å². The fourth-order valence-corrected chi connectivity index (χ4v) is 9.66. The number of nitrogens with one attached hydrogen (secondary N) is 1. The Bertz CT molecular complexity index is 1540. The van der Waals surface area contributed by atoms with Crippen LogP contribution in [0.1, 0.15) is 70.1 Å². The molecule has 9 heteroatoms. The van der Waals surface area contributed by atoms with E-state index in [4.69, 9.17) is 4.74 Å². The predicted molar refractivity (Wildman–Crippen MR) is 180 cm³/mol. The molecule has 3 aromatic carbocycles. The van der Waals surface area contributed by atoms with Crippen molar-refractivity contribution in [2.24, 2.45) is 7.05 Å². The highest BCUT2D eigenvalue weighted by molar-refractivity contribution is 6.98. The van der Waals surface area contributed by atoms with Gasteiger partial charge in [-0.3, -0.25) is 0 Å². The van der Waals surface area contributed by atoms with Crippen LogP contribution in [0.25, 0.3) is 11.3 Å². The van der Waals surface area contributed by atoms with Crippen molar-refractivity contribution >= 4 is 30.8 Å². The number of hydrogen-bond acceptors (Lipinski definition) is 5. The number of alkyl carbamates (subject to hydrolysis) is 1. The van der Waals surface area contributed by atoms with E-state index in [0.717, 1.165) is 34.3 Å². The minimum atomic E-state index is -3.14. The van der Waals surface area contributed by atoms with E-state index in [1.54, 1.807) is 13.2 Å². The van der Waals surface area contributed by atoms with E-state index in [2.05, 4.69) is 24.1 Å². The van der Waals surface area contributed by atoms with Crippen molar-refractivity contribution in [3.63, 3.8) is 0 Å². The van der Waals surface area contributed by atoms with Gasteiger partial charge in [-0.1, -0.05) is 105 Å². The molecule has 0 radical (unpaired) electrons. The Balaban J connectivity index is 1.52. The maximum absolute atomic E-state index is 12.9. The molecule has 0 aliphatic heterocycles. The van der Waals surface area contributed by atoms with Crippen molar-refractivity contribution in [3.05, 3.63) is 103 Å². The average Bonchev–Trinajstić information content (AvgIpc) is 3.38. The van der Waals surface area contributed by atoms with E-state index in [0.29, 0.717) is 18.5 Å². The average molecular weight is 628 g/mol. The van der Waals surface area contributed by atoms with Crippen LogP contribution in [0.5, 0.6) is 0 Å². The molecule has 0 aliphatic carbocycles. The van der Waals surface area contributed by atoms with Gasteiger partial charge in [0.05, 0.1) is 5.69 Å². The number of amides is 1. The number of aryl methyl sites for hydroxylation is 1. The van der Waals surface area contributed by atoms with Crippen molar-refractivity contribution in [1.82, 2.24) is 14.9 Å². The zero-order valence-corrected chi connectivity index (χ0v) is 28.1. The molecule has 1 atom stereocenters. The molecular weight excluding hydrogens is 582 g/mol. The Labute approximate surface area is 267 Å². The molecule has 1 aromatic heterocycles. The van der Waals surface area contributed by atoms with E-state index in [9.17, 15) is 19.5 Å². The minimum absolute atomic E-state index is 0.0203. The molecule has 0 bridgehead atoms. The first-order valence-electron chi connectivity index (χ1n) is 15.4. The summed E-state index contributed by atoms with van der Waals surface area (Å²) in [6.07, 6.45) is 4.06. The van der Waals surface area contributed by atoms with Gasteiger partial charge in [0.2, 0.25) is 5.82 Å². The van der Waals surface area contributed by atoms with Gasteiger partial charge < -0.3 is 24.5 Å². The number of hydrogen-bond donors (Lipinski definition) is 3. The number of aromatic carboxylic acids is 1. The van der Waals surface area contributed by atoms with Crippen molar-refractivity contribution in [2.75, 3.05) is 0 Å². The molecule has 0 saturated heterocycles. The molecular formula is C36H45N3O5Si. The van der Waals surface area contributed by atoms with Crippen LogP contribution in [0.2, 0.25) is 5.04 Å². The number of benzene rings is 3. The Morgan fingerprint density at radius 2 is 1.47 bits per heavy atom. The highest BCUT2D eigenvalue weighted by Crippen LogP contribution is 2.40. The molecule has 4 aromatic rings. The third-order valence-electron chi connectivity index (χ3n) is 8.24. The lowest BCUT2D eigenvalue weighted by Crippen LogP contribution is -2.65. The smallest absolute Gasteiger partial charge is 0.407 e. The quantitative estimate of drug-likeness (QED) is 0.168. The summed E-state index contributed by atoms with van der Waals surface area (Å²) in [5.41, 5.74) is 1.79. The maximum atomic E-state index is 12.9. The van der Waals surface area contributed by atoms with Crippen molar-refractivity contribution in [2.45, 2.75) is 77.0 Å². The third-order valence-corrected chi connectivity index (χ3v) is 12.8. The monoisotopic (exact) mass is 627 g/mol. The zero-order valence-electron chi connectivity index (χ0n) is 27.1. The normalized spacial score (nSPS) is 12.9. The van der Waals surface area contributed by atoms with Crippen LogP contribution in [-0.4, -0.2) is 51.5 Å². The Morgan fingerprint density at radius 1 is 0.911 bits per heavy atom. The number of ether oxygens (including phenoxy) is 1. The standard InChI is InChI=1S/C36H45N3O5Si/c1-35(2,3)44-34(42)37-28(24-26-19-21-27(22-20-26)31-25-39(6)32(38-31)33(40)41)14-13-23-36(4,5)45(43,29-15-9-7-10-16-29)30-17-11-8-12-18-30/h7-12,15-22,25,28,43H,13-14,23-24H2,1-6H3,(H,37,42)(H,40,41)/t28-/m1/s1. The van der Waals surface area contributed by atoms with E-state index in [-0.39, 0.29) is 11.9 Å². The van der Waals surface area contributed by atoms with Gasteiger partial charge >= 0.3 is 12.1 Å². The number of rotatable bonds is 12. The zero-order chi connectivity index (χ0) is 32.8. The molecule has 1 amide bonds. The van der Waals surface area contributed by atoms with Crippen LogP contribution >= 0.6 is 0 Å². The molecule has 3 N–H and O–H groups in total. The lowest BCUT2D eigenvalue weighted by atomic mass is 9.97. The number of carbonyl (C=O) groups is 2. The summed E-state index contributed by atoms with van der Waals surface area (Å²) in [4.78, 5) is 41.1. The molecule has 45 heavy (non-hydrogen) atoms. The van der Waals surface area contributed by atoms with E-state index in [1.807, 2.05) is 106 Å². The molecule has 0 spiro atoms. The second-order valence-electron chi connectivity index (χ2n) is 13.3. The van der Waals surface area contributed by atoms with E-state index >= 15 is 0 Å². The lowest BCUT2D eigenvalue weighted by Gasteiger charge is -2.41. The maximum Gasteiger partial charge on any atom is 0.407 e. The van der Waals surface area contributed by atoms with Crippen molar-refractivity contribution in [1.29, 1.82) is 0 Å². The molecule has 0 unspecified atom stereocenters. The van der Waals surface area contributed by atoms with Crippen LogP contribution in [0.3, 0.4) is 0 Å². The van der Waals surface area contributed by atoms with Gasteiger partial charge in [-0.05, 0) is 61.0 Å². The van der Waals surface area contributed by atoms with Gasteiger partial charge in [-0.2, -0.15) is 0 Å². The summed E-state index contributed by atoms with van der Waals surface area (Å²) in [5.74, 6) is -1.10. The molecule has 0 aliphatic rings. The SMILES string of the molecule is Cn1cc(-c2ccc(C[C@@H](CCCC(C)(C)[Si](O)(c3ccccc3)c3ccccc3)NC(=O)OC(C)(C)C)cc2)nc1C(=O)O. The molecule has 8 nitrogen and oxygen atoms in total. The number of carbonyl (C=O) groups excluding carboxylic acids is 1. The Morgan fingerprint density at radius 3 is 1.96 bits per heavy atom. The molecule has 0 fully saturated rings. The number of aromatic nitrogens is 2. The third kappa shape index (κ3) is 8.29. The summed E-state index contributed by atoms with van der Waals surface area (Å²) in [5, 5.41) is 14.0.